The van der Waals surface area contributed by atoms with Crippen LogP contribution in [-0.4, -0.2) is 28.9 Å². The van der Waals surface area contributed by atoms with Crippen LogP contribution in [0.1, 0.15) is 105 Å². The van der Waals surface area contributed by atoms with Crippen LogP contribution in [0.4, 0.5) is 0 Å². The summed E-state index contributed by atoms with van der Waals surface area (Å²) in [6, 6.07) is 25.9. The maximum Gasteiger partial charge on any atom is 0.162 e. The molecule has 1 radical (unpaired) electrons. The summed E-state index contributed by atoms with van der Waals surface area (Å²) in [4.78, 5) is 21.3. The number of allylic oxidation sites excluding steroid dienone is 2. The summed E-state index contributed by atoms with van der Waals surface area (Å²) in [7, 11) is -1.61. The van der Waals surface area contributed by atoms with Crippen LogP contribution in [0.25, 0.3) is 42.3 Å². The smallest absolute Gasteiger partial charge is 0.162 e. The first-order valence-corrected chi connectivity index (χ1v) is 23.3. The first kappa shape index (κ1) is 42.0. The summed E-state index contributed by atoms with van der Waals surface area (Å²) in [6.07, 6.45) is 13.4. The van der Waals surface area contributed by atoms with Crippen LogP contribution in [-0.2, 0) is 31.3 Å². The Bertz CT molecular complexity index is 1940. The van der Waals surface area contributed by atoms with Crippen LogP contribution < -0.4 is 5.19 Å². The molecule has 4 nitrogen and oxygen atoms in total. The molecule has 0 unspecified atom stereocenters. The van der Waals surface area contributed by atoms with Gasteiger partial charge in [0.05, 0.1) is 19.3 Å². The van der Waals surface area contributed by atoms with Crippen LogP contribution in [0.15, 0.2) is 66.7 Å². The number of aliphatic hydroxyl groups excluding tert-OH is 1. The van der Waals surface area contributed by atoms with E-state index in [1.165, 1.54) is 87.4 Å². The molecule has 2 heterocycles. The fourth-order valence-electron chi connectivity index (χ4n) is 8.38. The van der Waals surface area contributed by atoms with Gasteiger partial charge in [-0.1, -0.05) is 134 Å². The van der Waals surface area contributed by atoms with Gasteiger partial charge in [0.25, 0.3) is 0 Å². The number of ketones is 1. The Morgan fingerprint density at radius 3 is 2.17 bits per heavy atom. The van der Waals surface area contributed by atoms with Gasteiger partial charge in [0, 0.05) is 58.5 Å². The molecule has 0 atom stereocenters. The van der Waals surface area contributed by atoms with Crippen molar-refractivity contribution in [2.75, 3.05) is 0 Å². The molecule has 1 aliphatic rings. The zero-order valence-electron chi connectivity index (χ0n) is 32.5. The van der Waals surface area contributed by atoms with E-state index < -0.39 is 8.07 Å². The molecule has 0 bridgehead atoms. The van der Waals surface area contributed by atoms with E-state index in [-0.39, 0.29) is 43.5 Å². The van der Waals surface area contributed by atoms with E-state index in [9.17, 15) is 9.90 Å². The summed E-state index contributed by atoms with van der Waals surface area (Å²) < 4.78 is 2.53. The van der Waals surface area contributed by atoms with E-state index in [0.29, 0.717) is 0 Å². The van der Waals surface area contributed by atoms with Gasteiger partial charge >= 0.3 is 0 Å². The predicted octanol–water partition coefficient (Wildman–Crippen LogP) is 12.8. The fourth-order valence-corrected chi connectivity index (χ4v) is 13.5. The maximum absolute atomic E-state index is 11.7. The van der Waals surface area contributed by atoms with Gasteiger partial charge in [-0.3, -0.25) is 9.78 Å². The average Bonchev–Trinajstić information content (AvgIpc) is 3.81. The molecule has 2 aromatic heterocycles. The standard InChI is InChI=1S/C32H35N2SSi.C13H24O2.Ir/c1-4-36(5-2,6-3)29-20-25(19-24-13-9-10-14-26(24)29)30-32-31(34-21-33-30)27-16-15-23(18-28(27)35-32)17-22-11-7-8-12-22;1-5-10(6-2)12(14)9-13(15)11(7-3)8-4;/h9-10,13-16,18,20-22H,4-8,11-12,17H2,1-3H3;9-11,14H,5-8H2,1-4H3;/q-1;;/b;12-9-;. The van der Waals surface area contributed by atoms with Crippen molar-refractivity contribution in [3.05, 3.63) is 78.3 Å². The Hall–Kier alpha value is -2.70. The molecule has 0 spiro atoms. The van der Waals surface area contributed by atoms with Crippen molar-refractivity contribution in [2.45, 2.75) is 124 Å². The number of benzene rings is 3. The molecule has 0 aliphatic heterocycles. The van der Waals surface area contributed by atoms with Crippen molar-refractivity contribution in [2.24, 2.45) is 17.8 Å². The fraction of sp³-hybridized carbons (Fsp3) is 0.489. The molecule has 1 saturated carbocycles. The van der Waals surface area contributed by atoms with Crippen LogP contribution in [0.2, 0.25) is 18.1 Å². The van der Waals surface area contributed by atoms with Crippen LogP contribution in [0.3, 0.4) is 0 Å². The Morgan fingerprint density at radius 2 is 1.54 bits per heavy atom. The third-order valence-electron chi connectivity index (χ3n) is 12.0. The number of carbonyl (C=O) groups is 1. The van der Waals surface area contributed by atoms with Crippen molar-refractivity contribution in [1.82, 2.24) is 9.97 Å². The van der Waals surface area contributed by atoms with E-state index in [1.54, 1.807) is 11.5 Å². The molecule has 3 aromatic carbocycles. The van der Waals surface area contributed by atoms with Gasteiger partial charge in [-0.25, -0.2) is 4.98 Å². The molecule has 281 valence electrons. The molecular weight excluding hydrogens is 853 g/mol. The van der Waals surface area contributed by atoms with E-state index in [2.05, 4.69) is 75.4 Å². The summed E-state index contributed by atoms with van der Waals surface area (Å²) in [5.41, 5.74) is 4.72. The molecule has 7 heteroatoms. The van der Waals surface area contributed by atoms with Crippen molar-refractivity contribution >= 4 is 61.5 Å². The Kier molecular flexibility index (Phi) is 15.8. The minimum Gasteiger partial charge on any atom is -0.512 e. The molecule has 1 fully saturated rings. The van der Waals surface area contributed by atoms with Gasteiger partial charge in [0.15, 0.2) is 5.78 Å². The topological polar surface area (TPSA) is 63.1 Å². The normalized spacial score (nSPS) is 14.0. The molecule has 52 heavy (non-hydrogen) atoms. The van der Waals surface area contributed by atoms with E-state index >= 15 is 0 Å². The summed E-state index contributed by atoms with van der Waals surface area (Å²) in [5, 5.41) is 15.2. The Balaban J connectivity index is 0.000000323. The number of aromatic nitrogens is 2. The second-order valence-corrected chi connectivity index (χ2v) is 20.9. The van der Waals surface area contributed by atoms with Crippen molar-refractivity contribution in [1.29, 1.82) is 0 Å². The number of nitrogens with zero attached hydrogens (tertiary/aromatic N) is 2. The third-order valence-corrected chi connectivity index (χ3v) is 18.8. The first-order chi connectivity index (χ1) is 24.8. The predicted molar refractivity (Wildman–Crippen MR) is 223 cm³/mol. The van der Waals surface area contributed by atoms with E-state index in [1.807, 2.05) is 39.0 Å². The quantitative estimate of drug-likeness (QED) is 0.0522. The SMILES string of the molecule is CCC(CC)C(=O)/C=C(\O)C(CC)CC.CC[Si](CC)(CC)c1cc(-c2ncnc3c2sc2cc(CC4CCCC4)ccc23)[c-]c2ccccc12.[Ir]. The molecule has 0 saturated heterocycles. The largest absolute Gasteiger partial charge is 0.512 e. The van der Waals surface area contributed by atoms with Gasteiger partial charge in [0.2, 0.25) is 0 Å². The van der Waals surface area contributed by atoms with Crippen LogP contribution >= 0.6 is 11.3 Å². The summed E-state index contributed by atoms with van der Waals surface area (Å²) in [6.45, 7) is 15.2. The van der Waals surface area contributed by atoms with Gasteiger partial charge in [-0.15, -0.1) is 40.1 Å². The Labute approximate surface area is 331 Å². The van der Waals surface area contributed by atoms with E-state index in [0.717, 1.165) is 48.4 Å². The number of carbonyl (C=O) groups excluding carboxylic acids is 1. The molecule has 1 aliphatic carbocycles. The number of hydrogen-bond acceptors (Lipinski definition) is 5. The average molecular weight is 912 g/mol. The molecule has 1 N–H and O–H groups in total. The number of aliphatic hydroxyl groups is 1. The monoisotopic (exact) mass is 912 g/mol. The molecular formula is C45H59IrN2O2SSi-. The second-order valence-electron chi connectivity index (χ2n) is 14.7. The van der Waals surface area contributed by atoms with Crippen LogP contribution in [0, 0.1) is 23.8 Å². The molecule has 5 aromatic rings. The zero-order chi connectivity index (χ0) is 36.5. The summed E-state index contributed by atoms with van der Waals surface area (Å²) >= 11 is 1.86. The number of thiophene rings is 1. The van der Waals surface area contributed by atoms with Crippen LogP contribution in [0.5, 0.6) is 0 Å². The van der Waals surface area contributed by atoms with Crippen molar-refractivity contribution in [3.63, 3.8) is 0 Å². The van der Waals surface area contributed by atoms with E-state index in [4.69, 9.17) is 9.97 Å². The minimum absolute atomic E-state index is 0. The first-order valence-electron chi connectivity index (χ1n) is 19.8. The van der Waals surface area contributed by atoms with Crippen molar-refractivity contribution in [3.8, 4) is 11.3 Å². The van der Waals surface area contributed by atoms with Gasteiger partial charge in [-0.2, -0.15) is 0 Å². The number of fused-ring (bicyclic) bond motifs is 4. The third kappa shape index (κ3) is 9.14. The summed E-state index contributed by atoms with van der Waals surface area (Å²) in [5.74, 6) is 1.41. The Morgan fingerprint density at radius 1 is 0.885 bits per heavy atom. The van der Waals surface area contributed by atoms with Gasteiger partial charge < -0.3 is 5.11 Å². The zero-order valence-corrected chi connectivity index (χ0v) is 36.7. The van der Waals surface area contributed by atoms with Gasteiger partial charge in [-0.05, 0) is 49.7 Å². The maximum atomic E-state index is 11.7. The molecule has 6 rings (SSSR count). The molecule has 0 amide bonds. The second kappa shape index (κ2) is 19.6. The number of hydrogen-bond donors (Lipinski definition) is 1. The number of rotatable bonds is 14. The van der Waals surface area contributed by atoms with Crippen molar-refractivity contribution < 1.29 is 30.0 Å². The van der Waals surface area contributed by atoms with Gasteiger partial charge in [0.1, 0.15) is 6.33 Å². The minimum atomic E-state index is -1.61.